The van der Waals surface area contributed by atoms with Crippen LogP contribution >= 0.6 is 15.9 Å². The van der Waals surface area contributed by atoms with Gasteiger partial charge in [-0.25, -0.2) is 0 Å². The molecule has 5 heteroatoms. The van der Waals surface area contributed by atoms with E-state index in [1.807, 2.05) is 18.7 Å². The maximum Gasteiger partial charge on any atom is 0.0739 e. The van der Waals surface area contributed by atoms with E-state index in [0.29, 0.717) is 6.04 Å². The van der Waals surface area contributed by atoms with Crippen molar-refractivity contribution >= 4 is 15.9 Å². The molecule has 1 saturated carbocycles. The molecule has 0 saturated heterocycles. The van der Waals surface area contributed by atoms with Gasteiger partial charge in [-0.3, -0.25) is 9.58 Å². The summed E-state index contributed by atoms with van der Waals surface area (Å²) in [7, 11) is 1.97. The summed E-state index contributed by atoms with van der Waals surface area (Å²) in [5.41, 5.74) is 2.22. The van der Waals surface area contributed by atoms with E-state index in [1.54, 1.807) is 0 Å². The fraction of sp³-hybridized carbons (Fsp3) is 0.727. The number of hydrogen-bond donors (Lipinski definition) is 1. The number of nitrogens with zero attached hydrogens (tertiary/aromatic N) is 3. The third-order valence-electron chi connectivity index (χ3n) is 3.06. The summed E-state index contributed by atoms with van der Waals surface area (Å²) < 4.78 is 3.02. The minimum Gasteiger partial charge on any atom is -0.395 e. The molecule has 1 fully saturated rings. The quantitative estimate of drug-likeness (QED) is 0.891. The van der Waals surface area contributed by atoms with Gasteiger partial charge in [0.2, 0.25) is 0 Å². The molecule has 0 atom stereocenters. The lowest BCUT2D eigenvalue weighted by Crippen LogP contribution is -2.29. The van der Waals surface area contributed by atoms with Gasteiger partial charge >= 0.3 is 0 Å². The molecule has 4 nitrogen and oxygen atoms in total. The second kappa shape index (κ2) is 4.85. The van der Waals surface area contributed by atoms with Crippen LogP contribution < -0.4 is 0 Å². The number of aryl methyl sites for hydroxylation is 2. The zero-order valence-corrected chi connectivity index (χ0v) is 11.4. The van der Waals surface area contributed by atoms with Gasteiger partial charge < -0.3 is 5.11 Å². The summed E-state index contributed by atoms with van der Waals surface area (Å²) in [4.78, 5) is 2.33. The molecule has 16 heavy (non-hydrogen) atoms. The van der Waals surface area contributed by atoms with Gasteiger partial charge in [0.05, 0.1) is 22.5 Å². The van der Waals surface area contributed by atoms with Crippen molar-refractivity contribution in [1.29, 1.82) is 0 Å². The van der Waals surface area contributed by atoms with Crippen LogP contribution in [0.15, 0.2) is 4.47 Å². The van der Waals surface area contributed by atoms with E-state index in [1.165, 1.54) is 18.5 Å². The van der Waals surface area contributed by atoms with Crippen LogP contribution in [0.3, 0.4) is 0 Å². The summed E-state index contributed by atoms with van der Waals surface area (Å²) in [6.07, 6.45) is 2.52. The van der Waals surface area contributed by atoms with Gasteiger partial charge in [-0.15, -0.1) is 0 Å². The molecule has 0 amide bonds. The molecule has 90 valence electrons. The van der Waals surface area contributed by atoms with Gasteiger partial charge in [-0.05, 0) is 35.7 Å². The summed E-state index contributed by atoms with van der Waals surface area (Å²) in [6, 6.07) is 0.661. The van der Waals surface area contributed by atoms with E-state index in [2.05, 4.69) is 25.9 Å². The van der Waals surface area contributed by atoms with Crippen molar-refractivity contribution in [2.75, 3.05) is 13.2 Å². The van der Waals surface area contributed by atoms with E-state index in [0.717, 1.165) is 23.3 Å². The first-order chi connectivity index (χ1) is 7.63. The highest BCUT2D eigenvalue weighted by atomic mass is 79.9. The van der Waals surface area contributed by atoms with E-state index in [9.17, 15) is 0 Å². The Kier molecular flexibility index (Phi) is 3.66. The molecule has 1 aliphatic rings. The van der Waals surface area contributed by atoms with Crippen LogP contribution in [0.4, 0.5) is 0 Å². The van der Waals surface area contributed by atoms with Crippen molar-refractivity contribution < 1.29 is 5.11 Å². The van der Waals surface area contributed by atoms with E-state index >= 15 is 0 Å². The molecule has 0 unspecified atom stereocenters. The summed E-state index contributed by atoms with van der Waals surface area (Å²) in [5.74, 6) is 0. The number of aliphatic hydroxyl groups excluding tert-OH is 1. The van der Waals surface area contributed by atoms with Gasteiger partial charge in [0, 0.05) is 26.2 Å². The second-order valence-corrected chi connectivity index (χ2v) is 5.19. The van der Waals surface area contributed by atoms with Crippen LogP contribution in [-0.2, 0) is 13.6 Å². The summed E-state index contributed by atoms with van der Waals surface area (Å²) in [5, 5.41) is 13.4. The third-order valence-corrected chi connectivity index (χ3v) is 4.10. The molecule has 0 aliphatic heterocycles. The third kappa shape index (κ3) is 2.47. The maximum atomic E-state index is 9.06. The molecule has 0 radical (unpaired) electrons. The Morgan fingerprint density at radius 2 is 2.25 bits per heavy atom. The summed E-state index contributed by atoms with van der Waals surface area (Å²) in [6.45, 7) is 3.84. The number of hydrogen-bond acceptors (Lipinski definition) is 3. The second-order valence-electron chi connectivity index (χ2n) is 4.39. The Hall–Kier alpha value is -0.390. The minimum absolute atomic E-state index is 0.227. The Balaban J connectivity index is 2.11. The number of rotatable bonds is 5. The van der Waals surface area contributed by atoms with Gasteiger partial charge in [0.1, 0.15) is 0 Å². The summed E-state index contributed by atoms with van der Waals surface area (Å²) >= 11 is 3.58. The van der Waals surface area contributed by atoms with Gasteiger partial charge in [-0.1, -0.05) is 0 Å². The molecule has 0 aromatic carbocycles. The van der Waals surface area contributed by atoms with Crippen LogP contribution in [0, 0.1) is 6.92 Å². The lowest BCUT2D eigenvalue weighted by Gasteiger charge is -2.20. The zero-order valence-electron chi connectivity index (χ0n) is 9.78. The van der Waals surface area contributed by atoms with Crippen molar-refractivity contribution in [2.24, 2.45) is 7.05 Å². The molecular formula is C11H18BrN3O. The molecule has 0 bridgehead atoms. The lowest BCUT2D eigenvalue weighted by atomic mass is 10.3. The maximum absolute atomic E-state index is 9.06. The van der Waals surface area contributed by atoms with E-state index in [-0.39, 0.29) is 6.61 Å². The van der Waals surface area contributed by atoms with Crippen molar-refractivity contribution in [2.45, 2.75) is 32.4 Å². The average Bonchev–Trinajstić information content (AvgIpc) is 3.03. The van der Waals surface area contributed by atoms with Gasteiger partial charge in [-0.2, -0.15) is 5.10 Å². The van der Waals surface area contributed by atoms with Crippen molar-refractivity contribution in [3.63, 3.8) is 0 Å². The van der Waals surface area contributed by atoms with E-state index < -0.39 is 0 Å². The van der Waals surface area contributed by atoms with E-state index in [4.69, 9.17) is 5.11 Å². The Morgan fingerprint density at radius 3 is 2.69 bits per heavy atom. The first-order valence-corrected chi connectivity index (χ1v) is 6.45. The standard InChI is InChI=1S/C11H18BrN3O/c1-8-11(12)10(14(2)13-8)7-15(5-6-16)9-3-4-9/h9,16H,3-7H2,1-2H3. The highest BCUT2D eigenvalue weighted by molar-refractivity contribution is 9.10. The highest BCUT2D eigenvalue weighted by Gasteiger charge is 2.29. The highest BCUT2D eigenvalue weighted by Crippen LogP contribution is 2.30. The van der Waals surface area contributed by atoms with Crippen LogP contribution in [0.5, 0.6) is 0 Å². The predicted octanol–water partition coefficient (Wildman–Crippen LogP) is 1.45. The SMILES string of the molecule is Cc1nn(C)c(CN(CCO)C2CC2)c1Br. The molecule has 2 rings (SSSR count). The Labute approximate surface area is 104 Å². The smallest absolute Gasteiger partial charge is 0.0739 e. The van der Waals surface area contributed by atoms with Gasteiger partial charge in [0.25, 0.3) is 0 Å². The topological polar surface area (TPSA) is 41.3 Å². The van der Waals surface area contributed by atoms with Crippen molar-refractivity contribution in [3.05, 3.63) is 15.9 Å². The number of aromatic nitrogens is 2. The molecular weight excluding hydrogens is 270 g/mol. The first kappa shape index (κ1) is 12.1. The fourth-order valence-corrected chi connectivity index (χ4v) is 2.46. The van der Waals surface area contributed by atoms with Crippen LogP contribution in [-0.4, -0.2) is 39.0 Å². The first-order valence-electron chi connectivity index (χ1n) is 5.66. The largest absolute Gasteiger partial charge is 0.395 e. The fourth-order valence-electron chi connectivity index (χ4n) is 2.00. The molecule has 0 spiro atoms. The zero-order chi connectivity index (χ0) is 11.7. The molecule has 1 aromatic rings. The Bertz CT molecular complexity index is 374. The number of halogens is 1. The monoisotopic (exact) mass is 287 g/mol. The molecule has 1 aromatic heterocycles. The predicted molar refractivity (Wildman–Crippen MR) is 66.2 cm³/mol. The van der Waals surface area contributed by atoms with Crippen molar-refractivity contribution in [1.82, 2.24) is 14.7 Å². The molecule has 1 heterocycles. The minimum atomic E-state index is 0.227. The van der Waals surface area contributed by atoms with Gasteiger partial charge in [0.15, 0.2) is 0 Å². The Morgan fingerprint density at radius 1 is 1.56 bits per heavy atom. The normalized spacial score (nSPS) is 16.1. The van der Waals surface area contributed by atoms with Crippen LogP contribution in [0.25, 0.3) is 0 Å². The number of aliphatic hydroxyl groups is 1. The lowest BCUT2D eigenvalue weighted by molar-refractivity contribution is 0.180. The van der Waals surface area contributed by atoms with Crippen molar-refractivity contribution in [3.8, 4) is 0 Å². The average molecular weight is 288 g/mol. The molecule has 1 N–H and O–H groups in total. The van der Waals surface area contributed by atoms with Crippen LogP contribution in [0.2, 0.25) is 0 Å². The van der Waals surface area contributed by atoms with Crippen LogP contribution in [0.1, 0.15) is 24.2 Å². The molecule has 1 aliphatic carbocycles.